The van der Waals surface area contributed by atoms with E-state index in [1.54, 1.807) is 11.3 Å². The number of thiophene rings is 1. The number of rotatable bonds is 8. The average molecular weight is 476 g/mol. The number of halogens is 1. The summed E-state index contributed by atoms with van der Waals surface area (Å²) in [4.78, 5) is 18.4. The molecule has 3 heterocycles. The Labute approximate surface area is 196 Å². The first-order valence-corrected chi connectivity index (χ1v) is 12.6. The van der Waals surface area contributed by atoms with Crippen LogP contribution in [0.2, 0.25) is 4.34 Å². The van der Waals surface area contributed by atoms with Gasteiger partial charge in [0.2, 0.25) is 5.91 Å². The number of nitrogens with zero attached hydrogens (tertiary/aromatic N) is 5. The summed E-state index contributed by atoms with van der Waals surface area (Å²) in [5, 5.41) is 9.54. The fourth-order valence-electron chi connectivity index (χ4n) is 3.68. The highest BCUT2D eigenvalue weighted by Gasteiger charge is 2.22. The molecule has 1 saturated heterocycles. The Balaban J connectivity index is 1.27. The topological polar surface area (TPSA) is 54.3 Å². The Morgan fingerprint density at radius 2 is 1.87 bits per heavy atom. The lowest BCUT2D eigenvalue weighted by Gasteiger charge is -2.34. The highest BCUT2D eigenvalue weighted by atomic mass is 35.5. The molecule has 4 rings (SSSR count). The van der Waals surface area contributed by atoms with Crippen LogP contribution in [-0.4, -0.2) is 62.4 Å². The lowest BCUT2D eigenvalue weighted by atomic mass is 10.1. The van der Waals surface area contributed by atoms with Crippen LogP contribution in [0.1, 0.15) is 23.2 Å². The van der Waals surface area contributed by atoms with Gasteiger partial charge in [-0.3, -0.25) is 9.69 Å². The Kier molecular flexibility index (Phi) is 7.66. The zero-order valence-corrected chi connectivity index (χ0v) is 19.9. The monoisotopic (exact) mass is 475 g/mol. The van der Waals surface area contributed by atoms with Crippen LogP contribution in [0.15, 0.2) is 47.6 Å². The van der Waals surface area contributed by atoms with E-state index in [1.165, 1.54) is 22.2 Å². The van der Waals surface area contributed by atoms with Crippen molar-refractivity contribution in [2.24, 2.45) is 0 Å². The molecule has 1 aromatic carbocycles. The van der Waals surface area contributed by atoms with E-state index >= 15 is 0 Å². The molecule has 0 N–H and O–H groups in total. The van der Waals surface area contributed by atoms with Crippen LogP contribution < -0.4 is 0 Å². The molecule has 0 radical (unpaired) electrons. The van der Waals surface area contributed by atoms with Crippen molar-refractivity contribution < 1.29 is 4.79 Å². The second-order valence-corrected chi connectivity index (χ2v) is 10.2. The van der Waals surface area contributed by atoms with Gasteiger partial charge in [0.15, 0.2) is 5.16 Å². The van der Waals surface area contributed by atoms with Crippen LogP contribution in [0.25, 0.3) is 0 Å². The molecular formula is C22H26ClN5OS2. The molecule has 0 spiro atoms. The van der Waals surface area contributed by atoms with Crippen LogP contribution in [0, 0.1) is 0 Å². The zero-order valence-electron chi connectivity index (χ0n) is 17.5. The molecule has 1 aliphatic heterocycles. The molecule has 1 amide bonds. The van der Waals surface area contributed by atoms with Crippen LogP contribution in [-0.2, 0) is 24.3 Å². The molecule has 0 aliphatic carbocycles. The normalized spacial score (nSPS) is 14.8. The van der Waals surface area contributed by atoms with E-state index in [0.717, 1.165) is 61.0 Å². The van der Waals surface area contributed by atoms with E-state index in [4.69, 9.17) is 11.6 Å². The molecule has 0 atom stereocenters. The number of piperazine rings is 1. The molecule has 2 aromatic heterocycles. The third-order valence-corrected chi connectivity index (χ3v) is 7.54. The number of thioether (sulfide) groups is 1. The number of hydrogen-bond donors (Lipinski definition) is 0. The molecule has 1 fully saturated rings. The van der Waals surface area contributed by atoms with Crippen molar-refractivity contribution in [2.45, 2.75) is 31.6 Å². The third-order valence-electron chi connectivity index (χ3n) is 5.37. The smallest absolute Gasteiger partial charge is 0.233 e. The van der Waals surface area contributed by atoms with E-state index < -0.39 is 0 Å². The van der Waals surface area contributed by atoms with Gasteiger partial charge in [0.05, 0.1) is 10.1 Å². The molecule has 3 aromatic rings. The van der Waals surface area contributed by atoms with Crippen molar-refractivity contribution in [1.82, 2.24) is 24.6 Å². The molecule has 164 valence electrons. The largest absolute Gasteiger partial charge is 0.339 e. The first-order chi connectivity index (χ1) is 15.1. The lowest BCUT2D eigenvalue weighted by Crippen LogP contribution is -2.48. The number of carbonyl (C=O) groups is 1. The van der Waals surface area contributed by atoms with Crippen molar-refractivity contribution in [1.29, 1.82) is 0 Å². The third kappa shape index (κ3) is 5.88. The Morgan fingerprint density at radius 1 is 1.10 bits per heavy atom. The van der Waals surface area contributed by atoms with Crippen molar-refractivity contribution in [3.05, 3.63) is 63.1 Å². The standard InChI is InChI=1S/C22H26ClN5OS2/c1-2-28-20(14-17-6-4-3-5-7-17)24-25-22(28)30-16-21(29)27-12-10-26(11-13-27)15-18-8-9-19(23)31-18/h3-9H,2,10-16H2,1H3. The first kappa shape index (κ1) is 22.3. The number of aromatic nitrogens is 3. The van der Waals surface area contributed by atoms with Gasteiger partial charge in [0.1, 0.15) is 5.82 Å². The quantitative estimate of drug-likeness (QED) is 0.460. The molecule has 0 unspecified atom stereocenters. The maximum absolute atomic E-state index is 12.8. The minimum atomic E-state index is 0.166. The summed E-state index contributed by atoms with van der Waals surface area (Å²) in [5.74, 6) is 1.49. The summed E-state index contributed by atoms with van der Waals surface area (Å²) in [7, 11) is 0. The van der Waals surface area contributed by atoms with Crippen LogP contribution >= 0.6 is 34.7 Å². The Hall–Kier alpha value is -1.87. The summed E-state index contributed by atoms with van der Waals surface area (Å²) in [6.07, 6.45) is 0.744. The van der Waals surface area contributed by atoms with Crippen molar-refractivity contribution in [2.75, 3.05) is 31.9 Å². The molecular weight excluding hydrogens is 450 g/mol. The molecule has 6 nitrogen and oxygen atoms in total. The highest BCUT2D eigenvalue weighted by Crippen LogP contribution is 2.23. The Bertz CT molecular complexity index is 999. The van der Waals surface area contributed by atoms with Crippen molar-refractivity contribution >= 4 is 40.6 Å². The summed E-state index contributed by atoms with van der Waals surface area (Å²) in [6, 6.07) is 14.3. The molecule has 0 bridgehead atoms. The predicted octanol–water partition coefficient (Wildman–Crippen LogP) is 4.04. The maximum atomic E-state index is 12.8. The van der Waals surface area contributed by atoms with Gasteiger partial charge in [-0.2, -0.15) is 0 Å². The van der Waals surface area contributed by atoms with E-state index in [9.17, 15) is 4.79 Å². The SMILES string of the molecule is CCn1c(Cc2ccccc2)nnc1SCC(=O)N1CCN(Cc2ccc(Cl)s2)CC1. The maximum Gasteiger partial charge on any atom is 0.233 e. The molecule has 1 aliphatic rings. The molecule has 31 heavy (non-hydrogen) atoms. The second-order valence-electron chi connectivity index (χ2n) is 7.46. The summed E-state index contributed by atoms with van der Waals surface area (Å²) in [6.45, 7) is 7.08. The Morgan fingerprint density at radius 3 is 2.55 bits per heavy atom. The van der Waals surface area contributed by atoms with Gasteiger partial charge in [0, 0.05) is 50.6 Å². The highest BCUT2D eigenvalue weighted by molar-refractivity contribution is 7.99. The van der Waals surface area contributed by atoms with Crippen molar-refractivity contribution in [3.63, 3.8) is 0 Å². The number of benzene rings is 1. The second kappa shape index (κ2) is 10.6. The zero-order chi connectivity index (χ0) is 21.6. The van der Waals surface area contributed by atoms with E-state index in [0.29, 0.717) is 5.75 Å². The van der Waals surface area contributed by atoms with Crippen LogP contribution in [0.5, 0.6) is 0 Å². The van der Waals surface area contributed by atoms with Crippen LogP contribution in [0.4, 0.5) is 0 Å². The fraction of sp³-hybridized carbons (Fsp3) is 0.409. The van der Waals surface area contributed by atoms with Gasteiger partial charge in [-0.05, 0) is 24.6 Å². The van der Waals surface area contributed by atoms with E-state index in [-0.39, 0.29) is 5.91 Å². The minimum absolute atomic E-state index is 0.166. The number of carbonyl (C=O) groups excluding carboxylic acids is 1. The minimum Gasteiger partial charge on any atom is -0.339 e. The van der Waals surface area contributed by atoms with Gasteiger partial charge in [-0.1, -0.05) is 53.7 Å². The van der Waals surface area contributed by atoms with E-state index in [1.807, 2.05) is 29.2 Å². The summed E-state index contributed by atoms with van der Waals surface area (Å²) < 4.78 is 2.93. The summed E-state index contributed by atoms with van der Waals surface area (Å²) in [5.41, 5.74) is 1.21. The number of amides is 1. The van der Waals surface area contributed by atoms with Gasteiger partial charge < -0.3 is 9.47 Å². The van der Waals surface area contributed by atoms with Gasteiger partial charge >= 0.3 is 0 Å². The number of hydrogen-bond acceptors (Lipinski definition) is 6. The van der Waals surface area contributed by atoms with Crippen LogP contribution in [0.3, 0.4) is 0 Å². The van der Waals surface area contributed by atoms with E-state index in [2.05, 4.69) is 44.8 Å². The molecule has 9 heteroatoms. The molecule has 0 saturated carbocycles. The van der Waals surface area contributed by atoms with Gasteiger partial charge in [-0.15, -0.1) is 21.5 Å². The fourth-order valence-corrected chi connectivity index (χ4v) is 5.74. The predicted molar refractivity (Wildman–Crippen MR) is 127 cm³/mol. The lowest BCUT2D eigenvalue weighted by molar-refractivity contribution is -0.130. The summed E-state index contributed by atoms with van der Waals surface area (Å²) >= 11 is 9.13. The average Bonchev–Trinajstić information content (AvgIpc) is 3.38. The van der Waals surface area contributed by atoms with Crippen molar-refractivity contribution in [3.8, 4) is 0 Å². The first-order valence-electron chi connectivity index (χ1n) is 10.5. The van der Waals surface area contributed by atoms with Gasteiger partial charge in [0.25, 0.3) is 0 Å². The van der Waals surface area contributed by atoms with Gasteiger partial charge in [-0.25, -0.2) is 0 Å².